The number of rotatable bonds is 6. The maximum absolute atomic E-state index is 13.2. The molecule has 2 aromatic carbocycles. The van der Waals surface area contributed by atoms with Crippen LogP contribution >= 0.6 is 11.3 Å². The number of carbonyl (C=O) groups excluding carboxylic acids is 1. The topological polar surface area (TPSA) is 42.4 Å². The van der Waals surface area contributed by atoms with Crippen molar-refractivity contribution in [2.45, 2.75) is 32.7 Å². The molecule has 1 fully saturated rings. The SMILES string of the molecule is COc1ccccc1CN(C(=O)C1CCC1)c1nc(-c2ccc(C)cc2)cs1. The van der Waals surface area contributed by atoms with Crippen molar-refractivity contribution in [3.8, 4) is 17.0 Å². The molecule has 0 aliphatic heterocycles. The van der Waals surface area contributed by atoms with E-state index in [9.17, 15) is 4.79 Å². The van der Waals surface area contributed by atoms with Crippen LogP contribution in [0.3, 0.4) is 0 Å². The second kappa shape index (κ2) is 8.15. The predicted molar refractivity (Wildman–Crippen MR) is 114 cm³/mol. The van der Waals surface area contributed by atoms with Gasteiger partial charge < -0.3 is 4.74 Å². The Bertz CT molecular complexity index is 961. The molecule has 1 saturated carbocycles. The van der Waals surface area contributed by atoms with E-state index in [-0.39, 0.29) is 11.8 Å². The molecule has 0 N–H and O–H groups in total. The van der Waals surface area contributed by atoms with Gasteiger partial charge in [0.05, 0.1) is 19.3 Å². The van der Waals surface area contributed by atoms with Crippen LogP contribution in [0, 0.1) is 12.8 Å². The molecule has 1 aliphatic carbocycles. The minimum atomic E-state index is 0.112. The predicted octanol–water partition coefficient (Wildman–Crippen LogP) is 5.46. The van der Waals surface area contributed by atoms with Crippen LogP contribution in [0.1, 0.15) is 30.4 Å². The zero-order valence-corrected chi connectivity index (χ0v) is 17.0. The number of amides is 1. The van der Waals surface area contributed by atoms with Gasteiger partial charge in [-0.1, -0.05) is 54.4 Å². The van der Waals surface area contributed by atoms with Crippen molar-refractivity contribution in [1.82, 2.24) is 4.98 Å². The lowest BCUT2D eigenvalue weighted by Crippen LogP contribution is -2.38. The molecule has 1 aliphatic rings. The fourth-order valence-corrected chi connectivity index (χ4v) is 4.20. The van der Waals surface area contributed by atoms with Crippen LogP contribution in [0.15, 0.2) is 53.9 Å². The average molecular weight is 393 g/mol. The monoisotopic (exact) mass is 392 g/mol. The molecule has 4 rings (SSSR count). The second-order valence-corrected chi connectivity index (χ2v) is 8.08. The number of nitrogens with zero attached hydrogens (tertiary/aromatic N) is 2. The van der Waals surface area contributed by atoms with E-state index in [1.165, 1.54) is 16.9 Å². The minimum absolute atomic E-state index is 0.112. The molecule has 144 valence electrons. The van der Waals surface area contributed by atoms with Crippen LogP contribution in [0.25, 0.3) is 11.3 Å². The number of aryl methyl sites for hydroxylation is 1. The Hall–Kier alpha value is -2.66. The summed E-state index contributed by atoms with van der Waals surface area (Å²) in [4.78, 5) is 19.8. The van der Waals surface area contributed by atoms with E-state index in [1.54, 1.807) is 7.11 Å². The van der Waals surface area contributed by atoms with Crippen LogP contribution in [0.2, 0.25) is 0 Å². The normalized spacial score (nSPS) is 13.8. The highest BCUT2D eigenvalue weighted by molar-refractivity contribution is 7.14. The number of ether oxygens (including phenoxy) is 1. The molecular formula is C23H24N2O2S. The lowest BCUT2D eigenvalue weighted by Gasteiger charge is -2.30. The Labute approximate surface area is 169 Å². The van der Waals surface area contributed by atoms with E-state index < -0.39 is 0 Å². The molecule has 1 aromatic heterocycles. The molecule has 5 heteroatoms. The summed E-state index contributed by atoms with van der Waals surface area (Å²) < 4.78 is 5.49. The Morgan fingerprint density at radius 1 is 1.18 bits per heavy atom. The summed E-state index contributed by atoms with van der Waals surface area (Å²) in [5, 5.41) is 2.78. The van der Waals surface area contributed by atoms with Gasteiger partial charge in [-0.05, 0) is 25.8 Å². The van der Waals surface area contributed by atoms with E-state index >= 15 is 0 Å². The molecule has 0 bridgehead atoms. The maximum atomic E-state index is 13.2. The van der Waals surface area contributed by atoms with Crippen molar-refractivity contribution in [3.05, 3.63) is 65.0 Å². The number of carbonyl (C=O) groups is 1. The second-order valence-electron chi connectivity index (χ2n) is 7.25. The number of thiazole rings is 1. The summed E-state index contributed by atoms with van der Waals surface area (Å²) in [6, 6.07) is 16.2. The molecule has 0 unspecified atom stereocenters. The van der Waals surface area contributed by atoms with Crippen molar-refractivity contribution >= 4 is 22.4 Å². The van der Waals surface area contributed by atoms with Crippen molar-refractivity contribution in [3.63, 3.8) is 0 Å². The number of hydrogen-bond donors (Lipinski definition) is 0. The van der Waals surface area contributed by atoms with E-state index in [0.717, 1.165) is 47.0 Å². The van der Waals surface area contributed by atoms with Gasteiger partial charge in [-0.15, -0.1) is 11.3 Å². The van der Waals surface area contributed by atoms with Crippen LogP contribution < -0.4 is 9.64 Å². The smallest absolute Gasteiger partial charge is 0.232 e. The quantitative estimate of drug-likeness (QED) is 0.559. The summed E-state index contributed by atoms with van der Waals surface area (Å²) in [5.74, 6) is 1.08. The number of benzene rings is 2. The van der Waals surface area contributed by atoms with Gasteiger partial charge in [0.25, 0.3) is 0 Å². The van der Waals surface area contributed by atoms with E-state index in [4.69, 9.17) is 9.72 Å². The highest BCUT2D eigenvalue weighted by Crippen LogP contribution is 2.35. The fourth-order valence-electron chi connectivity index (χ4n) is 3.36. The van der Waals surface area contributed by atoms with Crippen molar-refractivity contribution in [1.29, 1.82) is 0 Å². The largest absolute Gasteiger partial charge is 0.496 e. The molecule has 1 heterocycles. The Morgan fingerprint density at radius 2 is 1.93 bits per heavy atom. The summed E-state index contributed by atoms with van der Waals surface area (Å²) in [6.45, 7) is 2.54. The van der Waals surface area contributed by atoms with E-state index in [1.807, 2.05) is 34.5 Å². The molecule has 0 spiro atoms. The molecule has 4 nitrogen and oxygen atoms in total. The molecule has 3 aromatic rings. The van der Waals surface area contributed by atoms with Crippen molar-refractivity contribution < 1.29 is 9.53 Å². The molecule has 1 amide bonds. The highest BCUT2D eigenvalue weighted by atomic mass is 32.1. The molecule has 0 radical (unpaired) electrons. The Balaban J connectivity index is 1.65. The number of methoxy groups -OCH3 is 1. The first-order valence-electron chi connectivity index (χ1n) is 9.61. The van der Waals surface area contributed by atoms with Gasteiger partial charge in [0, 0.05) is 22.4 Å². The van der Waals surface area contributed by atoms with Crippen LogP contribution in [0.5, 0.6) is 5.75 Å². The summed E-state index contributed by atoms with van der Waals surface area (Å²) in [6.07, 6.45) is 3.07. The fraction of sp³-hybridized carbons (Fsp3) is 0.304. The molecule has 0 saturated heterocycles. The van der Waals surface area contributed by atoms with Gasteiger partial charge in [-0.3, -0.25) is 9.69 Å². The zero-order chi connectivity index (χ0) is 19.5. The highest BCUT2D eigenvalue weighted by Gasteiger charge is 2.32. The van der Waals surface area contributed by atoms with Crippen LogP contribution in [0.4, 0.5) is 5.13 Å². The summed E-state index contributed by atoms with van der Waals surface area (Å²) >= 11 is 1.52. The first-order chi connectivity index (χ1) is 13.7. The lowest BCUT2D eigenvalue weighted by molar-refractivity contribution is -0.124. The third-order valence-corrected chi connectivity index (χ3v) is 6.18. The van der Waals surface area contributed by atoms with Gasteiger partial charge in [0.1, 0.15) is 5.75 Å². The van der Waals surface area contributed by atoms with Crippen LogP contribution in [-0.4, -0.2) is 18.0 Å². The Kier molecular flexibility index (Phi) is 5.44. The Morgan fingerprint density at radius 3 is 2.61 bits per heavy atom. The standard InChI is InChI=1S/C23H24N2O2S/c1-16-10-12-17(13-11-16)20-15-28-23(24-20)25(22(26)18-7-5-8-18)14-19-6-3-4-9-21(19)27-2/h3-4,6,9-13,15,18H,5,7-8,14H2,1-2H3. The summed E-state index contributed by atoms with van der Waals surface area (Å²) in [7, 11) is 1.66. The van der Waals surface area contributed by atoms with E-state index in [2.05, 4.69) is 31.2 Å². The van der Waals surface area contributed by atoms with Gasteiger partial charge in [-0.2, -0.15) is 0 Å². The molecule has 28 heavy (non-hydrogen) atoms. The third kappa shape index (κ3) is 3.80. The van der Waals surface area contributed by atoms with Gasteiger partial charge in [0.2, 0.25) is 5.91 Å². The first-order valence-corrected chi connectivity index (χ1v) is 10.5. The van der Waals surface area contributed by atoms with Crippen LogP contribution in [-0.2, 0) is 11.3 Å². The van der Waals surface area contributed by atoms with Crippen molar-refractivity contribution in [2.24, 2.45) is 5.92 Å². The third-order valence-electron chi connectivity index (χ3n) is 5.31. The summed E-state index contributed by atoms with van der Waals surface area (Å²) in [5.41, 5.74) is 4.19. The van der Waals surface area contributed by atoms with Gasteiger partial charge in [0.15, 0.2) is 5.13 Å². The number of anilines is 1. The molecule has 0 atom stereocenters. The lowest BCUT2D eigenvalue weighted by atomic mass is 9.84. The molecular weight excluding hydrogens is 368 g/mol. The number of hydrogen-bond acceptors (Lipinski definition) is 4. The van der Waals surface area contributed by atoms with E-state index in [0.29, 0.717) is 6.54 Å². The number of aromatic nitrogens is 1. The van der Waals surface area contributed by atoms with Gasteiger partial charge in [-0.25, -0.2) is 4.98 Å². The number of para-hydroxylation sites is 1. The van der Waals surface area contributed by atoms with Crippen molar-refractivity contribution in [2.75, 3.05) is 12.0 Å². The van der Waals surface area contributed by atoms with Gasteiger partial charge >= 0.3 is 0 Å². The first kappa shape index (κ1) is 18.7. The minimum Gasteiger partial charge on any atom is -0.496 e. The maximum Gasteiger partial charge on any atom is 0.232 e. The average Bonchev–Trinajstić information content (AvgIpc) is 3.15. The zero-order valence-electron chi connectivity index (χ0n) is 16.2.